The highest BCUT2D eigenvalue weighted by molar-refractivity contribution is 5.92. The summed E-state index contributed by atoms with van der Waals surface area (Å²) in [5.41, 5.74) is 1.54. The van der Waals surface area contributed by atoms with Gasteiger partial charge in [-0.1, -0.05) is 49.4 Å². The summed E-state index contributed by atoms with van der Waals surface area (Å²) in [6, 6.07) is 12.6. The molecule has 2 N–H and O–H groups in total. The van der Waals surface area contributed by atoms with Crippen molar-refractivity contribution in [3.63, 3.8) is 0 Å². The van der Waals surface area contributed by atoms with Gasteiger partial charge in [0.15, 0.2) is 5.69 Å². The molecule has 2 aromatic heterocycles. The number of anilines is 1. The highest BCUT2D eigenvalue weighted by Gasteiger charge is 2.11. The number of carbonyl (C=O) groups is 2. The fourth-order valence-electron chi connectivity index (χ4n) is 3.21. The van der Waals surface area contributed by atoms with Crippen molar-refractivity contribution in [1.29, 1.82) is 0 Å². The Morgan fingerprint density at radius 1 is 1.06 bits per heavy atom. The van der Waals surface area contributed by atoms with Crippen LogP contribution < -0.4 is 16.2 Å². The Bertz CT molecular complexity index is 1120. The molecule has 2 amide bonds. The lowest BCUT2D eigenvalue weighted by molar-refractivity contribution is -0.115. The molecule has 0 aliphatic carbocycles. The Morgan fingerprint density at radius 2 is 1.82 bits per heavy atom. The number of unbranched alkanes of at least 4 members (excludes halogenated alkanes) is 1. The summed E-state index contributed by atoms with van der Waals surface area (Å²) >= 11 is 0. The highest BCUT2D eigenvalue weighted by atomic mass is 16.2. The van der Waals surface area contributed by atoms with Crippen molar-refractivity contribution < 1.29 is 9.59 Å². The van der Waals surface area contributed by atoms with Gasteiger partial charge >= 0.3 is 0 Å². The van der Waals surface area contributed by atoms with Gasteiger partial charge in [-0.05, 0) is 30.4 Å². The molecule has 3 rings (SSSR count). The van der Waals surface area contributed by atoms with Gasteiger partial charge in [-0.15, -0.1) is 5.10 Å². The zero-order valence-electron chi connectivity index (χ0n) is 19.0. The predicted molar refractivity (Wildman–Crippen MR) is 126 cm³/mol. The van der Waals surface area contributed by atoms with Crippen molar-refractivity contribution in [3.05, 3.63) is 76.5 Å². The van der Waals surface area contributed by atoms with Crippen LogP contribution in [0.3, 0.4) is 0 Å². The number of carbonyl (C=O) groups excluding carboxylic acids is 2. The van der Waals surface area contributed by atoms with E-state index in [1.165, 1.54) is 6.07 Å². The van der Waals surface area contributed by atoms with Crippen molar-refractivity contribution in [3.8, 4) is 0 Å². The Morgan fingerprint density at radius 3 is 2.55 bits per heavy atom. The third-order valence-corrected chi connectivity index (χ3v) is 4.97. The number of aromatic nitrogens is 4. The van der Waals surface area contributed by atoms with Crippen LogP contribution in [0, 0.1) is 5.92 Å². The molecule has 0 unspecified atom stereocenters. The van der Waals surface area contributed by atoms with E-state index < -0.39 is 0 Å². The summed E-state index contributed by atoms with van der Waals surface area (Å²) in [7, 11) is 0. The van der Waals surface area contributed by atoms with Crippen LogP contribution in [-0.2, 0) is 24.3 Å². The van der Waals surface area contributed by atoms with Gasteiger partial charge in [0, 0.05) is 37.6 Å². The smallest absolute Gasteiger partial charge is 0.273 e. The first-order chi connectivity index (χ1) is 15.9. The van der Waals surface area contributed by atoms with Gasteiger partial charge in [-0.2, -0.15) is 0 Å². The van der Waals surface area contributed by atoms with E-state index in [1.54, 1.807) is 27.7 Å². The van der Waals surface area contributed by atoms with Crippen LogP contribution in [0.15, 0.2) is 59.7 Å². The third-order valence-electron chi connectivity index (χ3n) is 4.97. The van der Waals surface area contributed by atoms with E-state index in [0.29, 0.717) is 36.9 Å². The molecule has 174 valence electrons. The third kappa shape index (κ3) is 7.71. The van der Waals surface area contributed by atoms with Crippen molar-refractivity contribution in [2.24, 2.45) is 5.92 Å². The van der Waals surface area contributed by atoms with Gasteiger partial charge < -0.3 is 15.2 Å². The van der Waals surface area contributed by atoms with Crippen LogP contribution in [0.25, 0.3) is 0 Å². The molecule has 9 heteroatoms. The van der Waals surface area contributed by atoms with Gasteiger partial charge in [-0.25, -0.2) is 0 Å². The highest BCUT2D eigenvalue weighted by Crippen LogP contribution is 2.06. The topological polar surface area (TPSA) is 111 Å². The molecule has 0 saturated carbocycles. The molecule has 0 spiro atoms. The van der Waals surface area contributed by atoms with E-state index in [9.17, 15) is 14.4 Å². The fourth-order valence-corrected chi connectivity index (χ4v) is 3.21. The largest absolute Gasteiger partial charge is 0.350 e. The molecule has 3 aromatic rings. The summed E-state index contributed by atoms with van der Waals surface area (Å²) in [5, 5.41) is 13.5. The van der Waals surface area contributed by atoms with Gasteiger partial charge in [-0.3, -0.25) is 19.1 Å². The molecule has 9 nitrogen and oxygen atoms in total. The standard InChI is InChI=1S/C24H30N6O3/c1-18(2)16-25-24(33)21-17-30(28-27-21)12-7-6-11-29-13-10-20(15-23(29)32)26-22(31)14-19-8-4-3-5-9-19/h3-5,8-10,13,15,17-18H,6-7,11-12,14,16H2,1-2H3,(H,25,33)(H,26,31). The van der Waals surface area contributed by atoms with Crippen LogP contribution in [0.1, 0.15) is 42.7 Å². The number of pyridine rings is 1. The molecule has 33 heavy (non-hydrogen) atoms. The summed E-state index contributed by atoms with van der Waals surface area (Å²) in [5.74, 6) is -0.0204. The van der Waals surface area contributed by atoms with Crippen molar-refractivity contribution in [1.82, 2.24) is 24.9 Å². The van der Waals surface area contributed by atoms with Gasteiger partial charge in [0.1, 0.15) is 0 Å². The molecule has 0 atom stereocenters. The van der Waals surface area contributed by atoms with Crippen LogP contribution in [0.5, 0.6) is 0 Å². The van der Waals surface area contributed by atoms with Gasteiger partial charge in [0.25, 0.3) is 11.5 Å². The Balaban J connectivity index is 1.42. The maximum atomic E-state index is 12.4. The number of nitrogens with zero attached hydrogens (tertiary/aromatic N) is 4. The van der Waals surface area contributed by atoms with Gasteiger partial charge in [0.2, 0.25) is 5.91 Å². The Hall–Kier alpha value is -3.75. The molecule has 0 radical (unpaired) electrons. The van der Waals surface area contributed by atoms with Crippen molar-refractivity contribution in [2.75, 3.05) is 11.9 Å². The fraction of sp³-hybridized carbons (Fsp3) is 0.375. The number of hydrogen-bond acceptors (Lipinski definition) is 5. The molecule has 2 heterocycles. The van der Waals surface area contributed by atoms with Crippen molar-refractivity contribution >= 4 is 17.5 Å². The van der Waals surface area contributed by atoms with Crippen LogP contribution >= 0.6 is 0 Å². The zero-order chi connectivity index (χ0) is 23.6. The normalized spacial score (nSPS) is 10.9. The van der Waals surface area contributed by atoms with Crippen LogP contribution in [-0.4, -0.2) is 37.9 Å². The Labute approximate surface area is 192 Å². The first-order valence-corrected chi connectivity index (χ1v) is 11.1. The molecular formula is C24H30N6O3. The van der Waals surface area contributed by atoms with E-state index in [4.69, 9.17) is 0 Å². The first-order valence-electron chi connectivity index (χ1n) is 11.1. The quantitative estimate of drug-likeness (QED) is 0.436. The van der Waals surface area contributed by atoms with Crippen molar-refractivity contribution in [2.45, 2.75) is 46.2 Å². The van der Waals surface area contributed by atoms with E-state index in [0.717, 1.165) is 18.4 Å². The molecular weight excluding hydrogens is 420 g/mol. The van der Waals surface area contributed by atoms with Crippen LogP contribution in [0.4, 0.5) is 5.69 Å². The minimum atomic E-state index is -0.225. The molecule has 0 fully saturated rings. The van der Waals surface area contributed by atoms with E-state index >= 15 is 0 Å². The summed E-state index contributed by atoms with van der Waals surface area (Å²) in [6.07, 6.45) is 5.11. The second kappa shape index (κ2) is 11.8. The lowest BCUT2D eigenvalue weighted by atomic mass is 10.1. The van der Waals surface area contributed by atoms with E-state index in [1.807, 2.05) is 44.2 Å². The SMILES string of the molecule is CC(C)CNC(=O)c1cn(CCCCn2ccc(NC(=O)Cc3ccccc3)cc2=O)nn1. The Kier molecular flexibility index (Phi) is 8.51. The first kappa shape index (κ1) is 23.9. The monoisotopic (exact) mass is 450 g/mol. The molecule has 0 saturated heterocycles. The predicted octanol–water partition coefficient (Wildman–Crippen LogP) is 2.49. The minimum absolute atomic E-state index is 0.163. The number of benzene rings is 1. The lowest BCUT2D eigenvalue weighted by Crippen LogP contribution is -2.27. The number of amides is 2. The summed E-state index contributed by atoms with van der Waals surface area (Å²) in [4.78, 5) is 36.6. The molecule has 0 bridgehead atoms. The minimum Gasteiger partial charge on any atom is -0.350 e. The number of aryl methyl sites for hydroxylation is 2. The molecule has 1 aromatic carbocycles. The maximum Gasteiger partial charge on any atom is 0.273 e. The zero-order valence-corrected chi connectivity index (χ0v) is 19.0. The summed E-state index contributed by atoms with van der Waals surface area (Å²) < 4.78 is 3.25. The van der Waals surface area contributed by atoms with E-state index in [-0.39, 0.29) is 23.8 Å². The summed E-state index contributed by atoms with van der Waals surface area (Å²) in [6.45, 7) is 5.80. The second-order valence-corrected chi connectivity index (χ2v) is 8.34. The molecule has 0 aliphatic heterocycles. The number of rotatable bonds is 11. The number of nitrogens with one attached hydrogen (secondary N) is 2. The van der Waals surface area contributed by atoms with E-state index in [2.05, 4.69) is 20.9 Å². The van der Waals surface area contributed by atoms with Crippen LogP contribution in [0.2, 0.25) is 0 Å². The second-order valence-electron chi connectivity index (χ2n) is 8.34. The van der Waals surface area contributed by atoms with Gasteiger partial charge in [0.05, 0.1) is 12.6 Å². The number of hydrogen-bond donors (Lipinski definition) is 2. The maximum absolute atomic E-state index is 12.4. The average Bonchev–Trinajstić information content (AvgIpc) is 3.26. The lowest BCUT2D eigenvalue weighted by Gasteiger charge is -2.09. The molecule has 0 aliphatic rings. The average molecular weight is 451 g/mol.